The maximum Gasteiger partial charge on any atom is 0.339 e. The summed E-state index contributed by atoms with van der Waals surface area (Å²) < 4.78 is 12.0. The van der Waals surface area contributed by atoms with Gasteiger partial charge in [0.2, 0.25) is 0 Å². The highest BCUT2D eigenvalue weighted by Crippen LogP contribution is 2.27. The Labute approximate surface area is 186 Å². The highest BCUT2D eigenvalue weighted by molar-refractivity contribution is 5.92. The van der Waals surface area contributed by atoms with Crippen molar-refractivity contribution in [3.63, 3.8) is 0 Å². The van der Waals surface area contributed by atoms with E-state index in [1.54, 1.807) is 38.4 Å². The topological polar surface area (TPSA) is 98.1 Å². The number of hydrogen-bond acceptors (Lipinski definition) is 8. The van der Waals surface area contributed by atoms with Gasteiger partial charge in [0.25, 0.3) is 0 Å². The van der Waals surface area contributed by atoms with Crippen LogP contribution in [0.3, 0.4) is 0 Å². The van der Waals surface area contributed by atoms with Crippen LogP contribution in [-0.4, -0.2) is 58.7 Å². The molecule has 0 aliphatic carbocycles. The van der Waals surface area contributed by atoms with Gasteiger partial charge in [0.1, 0.15) is 5.82 Å². The molecule has 0 aromatic carbocycles. The van der Waals surface area contributed by atoms with Crippen molar-refractivity contribution >= 4 is 29.1 Å². The van der Waals surface area contributed by atoms with Crippen LogP contribution in [0.2, 0.25) is 0 Å². The highest BCUT2D eigenvalue weighted by atomic mass is 16.5. The summed E-state index contributed by atoms with van der Waals surface area (Å²) in [5, 5.41) is 3.44. The van der Waals surface area contributed by atoms with Gasteiger partial charge in [-0.25, -0.2) is 19.6 Å². The summed E-state index contributed by atoms with van der Waals surface area (Å²) in [6.45, 7) is 5.87. The predicted molar refractivity (Wildman–Crippen MR) is 120 cm³/mol. The van der Waals surface area contributed by atoms with Gasteiger partial charge in [0, 0.05) is 43.9 Å². The Hall–Kier alpha value is -3.62. The number of carbonyl (C=O) groups excluding carboxylic acids is 2. The second-order valence-corrected chi connectivity index (χ2v) is 7.55. The van der Waals surface area contributed by atoms with Gasteiger partial charge in [0.05, 0.1) is 30.0 Å². The smallest absolute Gasteiger partial charge is 0.339 e. The number of esters is 2. The van der Waals surface area contributed by atoms with E-state index in [9.17, 15) is 9.59 Å². The lowest BCUT2D eigenvalue weighted by Crippen LogP contribution is -2.39. The molecular weight excluding hydrogens is 410 g/mol. The zero-order valence-electron chi connectivity index (χ0n) is 18.3. The monoisotopic (exact) mass is 437 g/mol. The first-order valence-corrected chi connectivity index (χ1v) is 10.9. The number of piperidine rings is 1. The second-order valence-electron chi connectivity index (χ2n) is 7.55. The Bertz CT molecular complexity index is 1090. The van der Waals surface area contributed by atoms with E-state index in [1.807, 2.05) is 16.7 Å². The largest absolute Gasteiger partial charge is 0.462 e. The molecule has 0 amide bonds. The van der Waals surface area contributed by atoms with Gasteiger partial charge in [0.15, 0.2) is 5.65 Å². The number of fused-ring (bicyclic) bond motifs is 1. The molecule has 0 radical (unpaired) electrons. The summed E-state index contributed by atoms with van der Waals surface area (Å²) in [6.07, 6.45) is 8.65. The molecule has 0 bridgehead atoms. The van der Waals surface area contributed by atoms with E-state index in [1.165, 1.54) is 6.20 Å². The average Bonchev–Trinajstić information content (AvgIpc) is 3.29. The first-order chi connectivity index (χ1) is 15.6. The normalized spacial score (nSPS) is 14.4. The predicted octanol–water partition coefficient (Wildman–Crippen LogP) is 3.16. The zero-order chi connectivity index (χ0) is 22.5. The summed E-state index contributed by atoms with van der Waals surface area (Å²) >= 11 is 0. The van der Waals surface area contributed by atoms with Crippen molar-refractivity contribution in [1.29, 1.82) is 0 Å². The zero-order valence-corrected chi connectivity index (χ0v) is 18.3. The molecule has 1 saturated heterocycles. The number of nitrogens with one attached hydrogen (secondary N) is 1. The van der Waals surface area contributed by atoms with Crippen molar-refractivity contribution in [2.24, 2.45) is 0 Å². The number of imidazole rings is 1. The van der Waals surface area contributed by atoms with Crippen molar-refractivity contribution in [3.8, 4) is 0 Å². The molecule has 3 aromatic rings. The van der Waals surface area contributed by atoms with Crippen LogP contribution in [0.4, 0.5) is 11.5 Å². The molecule has 32 heavy (non-hydrogen) atoms. The van der Waals surface area contributed by atoms with Gasteiger partial charge in [-0.05, 0) is 44.9 Å². The maximum absolute atomic E-state index is 12.3. The SMILES string of the molecule is CCOC(=O)c1ccc(NC2CCN(c3cc(C(=O)OCC)cn4ccnc34)CC2)nc1. The summed E-state index contributed by atoms with van der Waals surface area (Å²) in [6, 6.07) is 5.65. The lowest BCUT2D eigenvalue weighted by Gasteiger charge is -2.34. The van der Waals surface area contributed by atoms with E-state index >= 15 is 0 Å². The summed E-state index contributed by atoms with van der Waals surface area (Å²) in [5.41, 5.74) is 2.70. The lowest BCUT2D eigenvalue weighted by atomic mass is 10.0. The van der Waals surface area contributed by atoms with Crippen LogP contribution < -0.4 is 10.2 Å². The fourth-order valence-electron chi connectivity index (χ4n) is 3.86. The molecule has 4 rings (SSSR count). The molecule has 0 atom stereocenters. The third-order valence-corrected chi connectivity index (χ3v) is 5.44. The first kappa shape index (κ1) is 21.6. The van der Waals surface area contributed by atoms with E-state index < -0.39 is 0 Å². The lowest BCUT2D eigenvalue weighted by molar-refractivity contribution is 0.0516. The molecule has 9 nitrogen and oxygen atoms in total. The molecule has 1 aliphatic heterocycles. The van der Waals surface area contributed by atoms with E-state index in [0.29, 0.717) is 24.3 Å². The van der Waals surface area contributed by atoms with E-state index in [2.05, 4.69) is 20.2 Å². The van der Waals surface area contributed by atoms with Gasteiger partial charge in [-0.1, -0.05) is 0 Å². The minimum Gasteiger partial charge on any atom is -0.462 e. The molecule has 0 spiro atoms. The molecular formula is C23H27N5O4. The molecule has 4 heterocycles. The molecule has 1 fully saturated rings. The Balaban J connectivity index is 1.41. The van der Waals surface area contributed by atoms with Gasteiger partial charge >= 0.3 is 11.9 Å². The van der Waals surface area contributed by atoms with Gasteiger partial charge in [-0.15, -0.1) is 0 Å². The third kappa shape index (κ3) is 4.66. The van der Waals surface area contributed by atoms with Crippen molar-refractivity contribution < 1.29 is 19.1 Å². The fraction of sp³-hybridized carbons (Fsp3) is 0.391. The molecule has 0 saturated carbocycles. The number of aromatic nitrogens is 3. The van der Waals surface area contributed by atoms with Gasteiger partial charge in [-0.3, -0.25) is 0 Å². The fourth-order valence-corrected chi connectivity index (χ4v) is 3.86. The Morgan fingerprint density at radius 1 is 1.06 bits per heavy atom. The maximum atomic E-state index is 12.3. The van der Waals surface area contributed by atoms with Crippen molar-refractivity contribution in [2.45, 2.75) is 32.7 Å². The first-order valence-electron chi connectivity index (χ1n) is 10.9. The molecule has 1 aliphatic rings. The average molecular weight is 438 g/mol. The summed E-state index contributed by atoms with van der Waals surface area (Å²) in [5.74, 6) is 0.0323. The summed E-state index contributed by atoms with van der Waals surface area (Å²) in [7, 11) is 0. The van der Waals surface area contributed by atoms with Gasteiger partial charge < -0.3 is 24.1 Å². The second kappa shape index (κ2) is 9.67. The highest BCUT2D eigenvalue weighted by Gasteiger charge is 2.23. The molecule has 3 aromatic heterocycles. The van der Waals surface area contributed by atoms with Crippen LogP contribution in [0.1, 0.15) is 47.4 Å². The number of hydrogen-bond donors (Lipinski definition) is 1. The quantitative estimate of drug-likeness (QED) is 0.563. The number of carbonyl (C=O) groups is 2. The number of ether oxygens (including phenoxy) is 2. The van der Waals surface area contributed by atoms with Gasteiger partial charge in [-0.2, -0.15) is 0 Å². The number of nitrogens with zero attached hydrogens (tertiary/aromatic N) is 4. The van der Waals surface area contributed by atoms with Crippen LogP contribution in [0, 0.1) is 0 Å². The van der Waals surface area contributed by atoms with E-state index in [4.69, 9.17) is 9.47 Å². The van der Waals surface area contributed by atoms with Crippen LogP contribution >= 0.6 is 0 Å². The van der Waals surface area contributed by atoms with Crippen molar-refractivity contribution in [1.82, 2.24) is 14.4 Å². The van der Waals surface area contributed by atoms with Crippen LogP contribution in [0.25, 0.3) is 5.65 Å². The van der Waals surface area contributed by atoms with Crippen LogP contribution in [0.15, 0.2) is 43.0 Å². The Kier molecular flexibility index (Phi) is 6.53. The van der Waals surface area contributed by atoms with Crippen LogP contribution in [0.5, 0.6) is 0 Å². The number of anilines is 2. The standard InChI is InChI=1S/C23H27N5O4/c1-3-31-22(29)16-5-6-20(25-14-16)26-18-7-10-27(11-8-18)19-13-17(23(30)32-4-2)15-28-12-9-24-21(19)28/h5-6,9,12-15,18H,3-4,7-8,10-11H2,1-2H3,(H,25,26). The Morgan fingerprint density at radius 2 is 1.78 bits per heavy atom. The number of rotatable bonds is 7. The molecule has 0 unspecified atom stereocenters. The minimum absolute atomic E-state index is 0.260. The third-order valence-electron chi connectivity index (χ3n) is 5.44. The van der Waals surface area contributed by atoms with Crippen LogP contribution in [-0.2, 0) is 9.47 Å². The van der Waals surface area contributed by atoms with Crippen molar-refractivity contribution in [3.05, 3.63) is 54.1 Å². The Morgan fingerprint density at radius 3 is 2.44 bits per heavy atom. The van der Waals surface area contributed by atoms with E-state index in [-0.39, 0.29) is 18.0 Å². The molecule has 1 N–H and O–H groups in total. The van der Waals surface area contributed by atoms with Crippen molar-refractivity contribution in [2.75, 3.05) is 36.5 Å². The minimum atomic E-state index is -0.366. The number of pyridine rings is 2. The van der Waals surface area contributed by atoms with E-state index in [0.717, 1.165) is 43.1 Å². The molecule has 168 valence electrons. The molecule has 9 heteroatoms. The summed E-state index contributed by atoms with van der Waals surface area (Å²) in [4.78, 5) is 35.1.